The fourth-order valence-corrected chi connectivity index (χ4v) is 4.21. The van der Waals surface area contributed by atoms with E-state index in [2.05, 4.69) is 53.2 Å². The minimum absolute atomic E-state index is 0.410. The first-order chi connectivity index (χ1) is 14.0. The largest absolute Gasteiger partial charge is 0.495 e. The van der Waals surface area contributed by atoms with Crippen LogP contribution in [0.5, 0.6) is 5.75 Å². The van der Waals surface area contributed by atoms with Crippen molar-refractivity contribution in [3.63, 3.8) is 0 Å². The molecule has 6 heteroatoms. The van der Waals surface area contributed by atoms with Crippen molar-refractivity contribution in [3.05, 3.63) is 47.6 Å². The molecule has 0 saturated carbocycles. The maximum atomic E-state index is 5.66. The molecule has 2 aliphatic rings. The third-order valence-electron chi connectivity index (χ3n) is 5.54. The number of hydrogen-bond acceptors (Lipinski definition) is 5. The molecule has 1 aromatic carbocycles. The Labute approximate surface area is 172 Å². The van der Waals surface area contributed by atoms with E-state index in [-0.39, 0.29) is 0 Å². The quantitative estimate of drug-likeness (QED) is 0.753. The Balaban J connectivity index is 1.62. The number of benzene rings is 1. The van der Waals surface area contributed by atoms with Crippen LogP contribution in [0.4, 0.5) is 0 Å². The van der Waals surface area contributed by atoms with Crippen LogP contribution < -0.4 is 4.74 Å². The molecular formula is C23H30N4O2. The number of piperidine rings is 1. The van der Waals surface area contributed by atoms with Gasteiger partial charge in [-0.25, -0.2) is 4.98 Å². The fourth-order valence-electron chi connectivity index (χ4n) is 4.21. The van der Waals surface area contributed by atoms with E-state index in [4.69, 9.17) is 9.57 Å². The monoisotopic (exact) mass is 394 g/mol. The van der Waals surface area contributed by atoms with Gasteiger partial charge in [0.1, 0.15) is 12.4 Å². The number of oxime groups is 1. The Hall–Kier alpha value is -2.76. The fraction of sp³-hybridized carbons (Fsp3) is 0.478. The molecule has 0 radical (unpaired) electrons. The van der Waals surface area contributed by atoms with Gasteiger partial charge in [0.2, 0.25) is 0 Å². The van der Waals surface area contributed by atoms with Crippen molar-refractivity contribution in [2.45, 2.75) is 46.1 Å². The van der Waals surface area contributed by atoms with E-state index in [9.17, 15) is 0 Å². The summed E-state index contributed by atoms with van der Waals surface area (Å²) in [5.74, 6) is 2.46. The molecule has 2 aliphatic heterocycles. The number of rotatable bonds is 5. The van der Waals surface area contributed by atoms with Crippen LogP contribution in [0, 0.1) is 12.8 Å². The van der Waals surface area contributed by atoms with Gasteiger partial charge < -0.3 is 19.0 Å². The van der Waals surface area contributed by atoms with Crippen LogP contribution in [0.2, 0.25) is 0 Å². The lowest BCUT2D eigenvalue weighted by Gasteiger charge is -2.40. The topological polar surface area (TPSA) is 51.9 Å². The molecule has 1 saturated heterocycles. The second-order valence-electron chi connectivity index (χ2n) is 8.31. The van der Waals surface area contributed by atoms with Crippen LogP contribution in [-0.4, -0.2) is 46.6 Å². The van der Waals surface area contributed by atoms with Crippen LogP contribution in [0.25, 0.3) is 11.8 Å². The molecule has 0 N–H and O–H groups in total. The summed E-state index contributed by atoms with van der Waals surface area (Å²) in [6.45, 7) is 8.25. The van der Waals surface area contributed by atoms with Gasteiger partial charge in [-0.3, -0.25) is 0 Å². The molecule has 0 spiro atoms. The van der Waals surface area contributed by atoms with Gasteiger partial charge in [0, 0.05) is 12.7 Å². The first kappa shape index (κ1) is 19.6. The molecule has 0 aliphatic carbocycles. The average molecular weight is 395 g/mol. The zero-order valence-electron chi connectivity index (χ0n) is 17.8. The summed E-state index contributed by atoms with van der Waals surface area (Å²) < 4.78 is 7.65. The van der Waals surface area contributed by atoms with Gasteiger partial charge in [0.05, 0.1) is 30.9 Å². The van der Waals surface area contributed by atoms with Crippen molar-refractivity contribution in [3.8, 4) is 11.4 Å². The second-order valence-corrected chi connectivity index (χ2v) is 8.31. The molecule has 1 atom stereocenters. The summed E-state index contributed by atoms with van der Waals surface area (Å²) >= 11 is 0. The standard InChI is InChI=1S/C23H30N4O2/c1-16(2)10-20-14-29-25-23-19(6-5-9-27(20)23)11-18-7-8-21(22(12-18)28-4)26-13-17(3)24-15-26/h7-8,11-13,15-16,20H,5-6,9-10,14H2,1-4H3/b19-11+/t20-/m0/s1. The van der Waals surface area contributed by atoms with Gasteiger partial charge >= 0.3 is 0 Å². The van der Waals surface area contributed by atoms with E-state index >= 15 is 0 Å². The Morgan fingerprint density at radius 2 is 2.21 bits per heavy atom. The highest BCUT2D eigenvalue weighted by atomic mass is 16.6. The number of fused-ring (bicyclic) bond motifs is 1. The number of imidazole rings is 1. The predicted octanol–water partition coefficient (Wildman–Crippen LogP) is 4.43. The smallest absolute Gasteiger partial charge is 0.171 e. The molecule has 0 amide bonds. The van der Waals surface area contributed by atoms with Crippen molar-refractivity contribution >= 4 is 11.9 Å². The lowest BCUT2D eigenvalue weighted by molar-refractivity contribution is 0.0496. The van der Waals surface area contributed by atoms with Crippen molar-refractivity contribution in [1.82, 2.24) is 14.5 Å². The first-order valence-electron chi connectivity index (χ1n) is 10.4. The molecule has 154 valence electrons. The van der Waals surface area contributed by atoms with Crippen LogP contribution in [0.1, 0.15) is 44.4 Å². The zero-order chi connectivity index (χ0) is 20.4. The maximum Gasteiger partial charge on any atom is 0.171 e. The Morgan fingerprint density at radius 3 is 2.93 bits per heavy atom. The van der Waals surface area contributed by atoms with E-state index in [0.29, 0.717) is 18.6 Å². The third-order valence-corrected chi connectivity index (χ3v) is 5.54. The van der Waals surface area contributed by atoms with Gasteiger partial charge in [0.25, 0.3) is 0 Å². The second kappa shape index (κ2) is 8.31. The normalized spacial score (nSPS) is 20.4. The van der Waals surface area contributed by atoms with Gasteiger partial charge in [-0.1, -0.05) is 25.1 Å². The molecule has 0 unspecified atom stereocenters. The van der Waals surface area contributed by atoms with Gasteiger partial charge in [0.15, 0.2) is 5.84 Å². The maximum absolute atomic E-state index is 5.66. The summed E-state index contributed by atoms with van der Waals surface area (Å²) in [6.07, 6.45) is 9.31. The molecule has 2 aromatic rings. The highest BCUT2D eigenvalue weighted by Gasteiger charge is 2.32. The van der Waals surface area contributed by atoms with Crippen molar-refractivity contribution < 1.29 is 9.57 Å². The molecule has 29 heavy (non-hydrogen) atoms. The zero-order valence-corrected chi connectivity index (χ0v) is 17.8. The summed E-state index contributed by atoms with van der Waals surface area (Å²) in [5.41, 5.74) is 4.30. The first-order valence-corrected chi connectivity index (χ1v) is 10.4. The number of nitrogens with zero attached hydrogens (tertiary/aromatic N) is 4. The molecule has 4 rings (SSSR count). The summed E-state index contributed by atoms with van der Waals surface area (Å²) in [4.78, 5) is 12.4. The van der Waals surface area contributed by atoms with Crippen LogP contribution in [0.3, 0.4) is 0 Å². The molecule has 6 nitrogen and oxygen atoms in total. The Kier molecular flexibility index (Phi) is 5.60. The summed E-state index contributed by atoms with van der Waals surface area (Å²) in [6, 6.07) is 6.68. The van der Waals surface area contributed by atoms with Gasteiger partial charge in [-0.05, 0) is 61.4 Å². The molecule has 1 fully saturated rings. The molecule has 1 aromatic heterocycles. The SMILES string of the molecule is COc1cc(/C=C2\CCCN3C2=NOC[C@@H]3CC(C)C)ccc1-n1cnc(C)c1. The highest BCUT2D eigenvalue weighted by Crippen LogP contribution is 2.30. The molecule has 3 heterocycles. The number of hydrogen-bond donors (Lipinski definition) is 0. The minimum atomic E-state index is 0.410. The number of ether oxygens (including phenoxy) is 1. The van der Waals surface area contributed by atoms with E-state index in [1.54, 1.807) is 7.11 Å². The Bertz CT molecular complexity index is 929. The number of aromatic nitrogens is 2. The lowest BCUT2D eigenvalue weighted by Crippen LogP contribution is -2.49. The van der Waals surface area contributed by atoms with E-state index in [1.165, 1.54) is 5.57 Å². The van der Waals surface area contributed by atoms with Crippen LogP contribution in [0.15, 0.2) is 41.5 Å². The van der Waals surface area contributed by atoms with Crippen LogP contribution in [-0.2, 0) is 4.84 Å². The van der Waals surface area contributed by atoms with Crippen LogP contribution >= 0.6 is 0 Å². The Morgan fingerprint density at radius 1 is 1.34 bits per heavy atom. The molecule has 0 bridgehead atoms. The molecular weight excluding hydrogens is 364 g/mol. The van der Waals surface area contributed by atoms with E-state index in [0.717, 1.165) is 54.3 Å². The summed E-state index contributed by atoms with van der Waals surface area (Å²) in [7, 11) is 1.71. The van der Waals surface area contributed by atoms with Crippen molar-refractivity contribution in [1.29, 1.82) is 0 Å². The summed E-state index contributed by atoms with van der Waals surface area (Å²) in [5, 5.41) is 4.43. The minimum Gasteiger partial charge on any atom is -0.495 e. The van der Waals surface area contributed by atoms with E-state index < -0.39 is 0 Å². The number of aryl methyl sites for hydroxylation is 1. The number of methoxy groups -OCH3 is 1. The van der Waals surface area contributed by atoms with Gasteiger partial charge in [-0.2, -0.15) is 0 Å². The predicted molar refractivity (Wildman–Crippen MR) is 115 cm³/mol. The van der Waals surface area contributed by atoms with Crippen molar-refractivity contribution in [2.75, 3.05) is 20.3 Å². The third kappa shape index (κ3) is 4.16. The highest BCUT2D eigenvalue weighted by molar-refractivity contribution is 6.02. The average Bonchev–Trinajstić information content (AvgIpc) is 3.14. The number of amidine groups is 1. The van der Waals surface area contributed by atoms with Crippen molar-refractivity contribution in [2.24, 2.45) is 11.1 Å². The lowest BCUT2D eigenvalue weighted by atomic mass is 9.95. The van der Waals surface area contributed by atoms with Gasteiger partial charge in [-0.15, -0.1) is 0 Å². The van der Waals surface area contributed by atoms with E-state index in [1.807, 2.05) is 24.0 Å².